The highest BCUT2D eigenvalue weighted by Crippen LogP contribution is 2.59. The summed E-state index contributed by atoms with van der Waals surface area (Å²) in [4.78, 5) is 11.1. The highest BCUT2D eigenvalue weighted by atomic mass is 19.4. The normalized spacial score (nSPS) is 29.6. The zero-order chi connectivity index (χ0) is 23.0. The van der Waals surface area contributed by atoms with Crippen LogP contribution in [-0.4, -0.2) is 59.7 Å². The van der Waals surface area contributed by atoms with Gasteiger partial charge in [-0.25, -0.2) is 4.98 Å². The van der Waals surface area contributed by atoms with Crippen molar-refractivity contribution in [3.8, 4) is 0 Å². The number of hydrogen-bond acceptors (Lipinski definition) is 6. The molecule has 4 rings (SSSR count). The third kappa shape index (κ3) is 4.83. The molecule has 3 fully saturated rings. The number of pyridine rings is 1. The Bertz CT molecular complexity index is 869. The van der Waals surface area contributed by atoms with Gasteiger partial charge in [-0.1, -0.05) is 6.92 Å². The monoisotopic (exact) mass is 451 g/mol. The third-order valence-electron chi connectivity index (χ3n) is 7.27. The van der Waals surface area contributed by atoms with Crippen molar-refractivity contribution >= 4 is 17.2 Å². The van der Waals surface area contributed by atoms with Crippen LogP contribution in [0.15, 0.2) is 17.3 Å². The fourth-order valence-electron chi connectivity index (χ4n) is 5.32. The van der Waals surface area contributed by atoms with Gasteiger partial charge in [-0.3, -0.25) is 9.89 Å². The second-order valence-corrected chi connectivity index (χ2v) is 9.31. The van der Waals surface area contributed by atoms with Gasteiger partial charge in [0.25, 0.3) is 0 Å². The lowest BCUT2D eigenvalue weighted by molar-refractivity contribution is -0.137. The van der Waals surface area contributed by atoms with Gasteiger partial charge in [0, 0.05) is 60.7 Å². The Morgan fingerprint density at radius 3 is 2.56 bits per heavy atom. The van der Waals surface area contributed by atoms with Crippen LogP contribution in [-0.2, 0) is 10.9 Å². The molecule has 0 spiro atoms. The molecule has 6 nitrogen and oxygen atoms in total. The van der Waals surface area contributed by atoms with Gasteiger partial charge in [0.2, 0.25) is 0 Å². The maximum atomic E-state index is 13.2. The number of ether oxygens (including phenoxy) is 1. The summed E-state index contributed by atoms with van der Waals surface area (Å²) in [6.45, 7) is 7.67. The molecule has 2 saturated carbocycles. The predicted octanol–water partition coefficient (Wildman–Crippen LogP) is 4.04. The second-order valence-electron chi connectivity index (χ2n) is 9.31. The number of halogens is 3. The van der Waals surface area contributed by atoms with Gasteiger partial charge < -0.3 is 15.9 Å². The first kappa shape index (κ1) is 23.2. The summed E-state index contributed by atoms with van der Waals surface area (Å²) in [5, 5.41) is 8.51. The molecule has 3 N–H and O–H groups in total. The van der Waals surface area contributed by atoms with Crippen LogP contribution in [0.2, 0.25) is 0 Å². The lowest BCUT2D eigenvalue weighted by Gasteiger charge is -2.33. The van der Waals surface area contributed by atoms with Crippen LogP contribution in [0.3, 0.4) is 0 Å². The molecule has 3 aliphatic rings. The van der Waals surface area contributed by atoms with Gasteiger partial charge in [-0.05, 0) is 44.1 Å². The molecule has 1 saturated heterocycles. The molecule has 9 heteroatoms. The maximum absolute atomic E-state index is 13.2. The number of aliphatic imine (C=N–C) groups is 1. The molecule has 0 bridgehead atoms. The van der Waals surface area contributed by atoms with Gasteiger partial charge in [-0.2, -0.15) is 13.2 Å². The van der Waals surface area contributed by atoms with E-state index in [4.69, 9.17) is 20.9 Å². The summed E-state index contributed by atoms with van der Waals surface area (Å²) in [5.74, 6) is 0.904. The van der Waals surface area contributed by atoms with Crippen molar-refractivity contribution in [2.45, 2.75) is 57.8 Å². The van der Waals surface area contributed by atoms with Gasteiger partial charge in [-0.15, -0.1) is 0 Å². The van der Waals surface area contributed by atoms with E-state index in [2.05, 4.69) is 16.8 Å². The van der Waals surface area contributed by atoms with Gasteiger partial charge >= 0.3 is 6.18 Å². The van der Waals surface area contributed by atoms with Crippen LogP contribution in [0.25, 0.3) is 0 Å². The quantitative estimate of drug-likeness (QED) is 0.613. The standard InChI is InChI=1S/C23H32F3N5O/c1-3-13(2)30-20(11-19(27)14-8-18(23(24,25)26)22(28)29-12-14)21-16-9-15(10-17(16)21)31-4-6-32-7-5-31/h8,12-13,15-17,21,27H,3-7,9-11H2,1-2H3,(H2,28,29). The van der Waals surface area contributed by atoms with Crippen LogP contribution in [0, 0.1) is 23.2 Å². The average molecular weight is 452 g/mol. The fourth-order valence-corrected chi connectivity index (χ4v) is 5.32. The number of morpholine rings is 1. The Kier molecular flexibility index (Phi) is 6.58. The number of nitrogen functional groups attached to an aromatic ring is 1. The van der Waals surface area contributed by atoms with Crippen LogP contribution in [0.5, 0.6) is 0 Å². The molecule has 3 unspecified atom stereocenters. The lowest BCUT2D eigenvalue weighted by atomic mass is 9.96. The van der Waals surface area contributed by atoms with Gasteiger partial charge in [0.15, 0.2) is 0 Å². The molecule has 0 aromatic carbocycles. The number of nitrogens with two attached hydrogens (primary N) is 1. The molecule has 0 radical (unpaired) electrons. The number of anilines is 1. The molecule has 1 aromatic heterocycles. The highest BCUT2D eigenvalue weighted by molar-refractivity contribution is 6.12. The average Bonchev–Trinajstić information content (AvgIpc) is 3.25. The summed E-state index contributed by atoms with van der Waals surface area (Å²) < 4.78 is 45.2. The van der Waals surface area contributed by atoms with Crippen LogP contribution >= 0.6 is 0 Å². The fraction of sp³-hybridized carbons (Fsp3) is 0.696. The van der Waals surface area contributed by atoms with Crippen molar-refractivity contribution < 1.29 is 17.9 Å². The summed E-state index contributed by atoms with van der Waals surface area (Å²) in [5.41, 5.74) is 5.66. The molecule has 176 valence electrons. The third-order valence-corrected chi connectivity index (χ3v) is 7.27. The molecule has 32 heavy (non-hydrogen) atoms. The van der Waals surface area contributed by atoms with Crippen LogP contribution in [0.4, 0.5) is 19.0 Å². The second kappa shape index (κ2) is 9.09. The first-order chi connectivity index (χ1) is 15.2. The van der Waals surface area contributed by atoms with Crippen molar-refractivity contribution in [1.82, 2.24) is 9.88 Å². The maximum Gasteiger partial charge on any atom is 0.419 e. The number of rotatable bonds is 7. The summed E-state index contributed by atoms with van der Waals surface area (Å²) in [7, 11) is 0. The minimum absolute atomic E-state index is 0.111. The number of nitrogens with one attached hydrogen (secondary N) is 1. The summed E-state index contributed by atoms with van der Waals surface area (Å²) in [6, 6.07) is 1.66. The van der Waals surface area contributed by atoms with Gasteiger partial charge in [0.05, 0.1) is 18.8 Å². The summed E-state index contributed by atoms with van der Waals surface area (Å²) in [6.07, 6.45) is 0.0662. The van der Waals surface area contributed by atoms with E-state index in [0.29, 0.717) is 23.8 Å². The highest BCUT2D eigenvalue weighted by Gasteiger charge is 2.58. The Morgan fingerprint density at radius 2 is 1.97 bits per heavy atom. The number of hydrogen-bond donors (Lipinski definition) is 2. The zero-order valence-electron chi connectivity index (χ0n) is 18.7. The van der Waals surface area contributed by atoms with Crippen LogP contribution in [0.1, 0.15) is 50.7 Å². The lowest BCUT2D eigenvalue weighted by Crippen LogP contribution is -2.43. The van der Waals surface area contributed by atoms with E-state index in [9.17, 15) is 13.2 Å². The van der Waals surface area contributed by atoms with Crippen molar-refractivity contribution in [2.24, 2.45) is 22.7 Å². The molecule has 0 amide bonds. The van der Waals surface area contributed by atoms with E-state index < -0.39 is 17.6 Å². The first-order valence-electron chi connectivity index (χ1n) is 11.5. The number of nitrogens with zero attached hydrogens (tertiary/aromatic N) is 3. The Balaban J connectivity index is 1.46. The number of fused-ring (bicyclic) bond motifs is 1. The van der Waals surface area contributed by atoms with E-state index in [0.717, 1.165) is 57.3 Å². The largest absolute Gasteiger partial charge is 0.419 e. The van der Waals surface area contributed by atoms with Gasteiger partial charge in [0.1, 0.15) is 5.82 Å². The molecule has 2 aliphatic carbocycles. The Labute approximate surface area is 186 Å². The Morgan fingerprint density at radius 1 is 1.31 bits per heavy atom. The van der Waals surface area contributed by atoms with Crippen molar-refractivity contribution in [3.05, 3.63) is 23.4 Å². The van der Waals surface area contributed by atoms with Crippen LogP contribution < -0.4 is 5.73 Å². The van der Waals surface area contributed by atoms with E-state index in [-0.39, 0.29) is 23.7 Å². The molecular weight excluding hydrogens is 419 g/mol. The zero-order valence-corrected chi connectivity index (χ0v) is 18.7. The Hall–Kier alpha value is -2.00. The molecular formula is C23H32F3N5O. The summed E-state index contributed by atoms with van der Waals surface area (Å²) >= 11 is 0. The van der Waals surface area contributed by atoms with E-state index in [1.165, 1.54) is 6.20 Å². The van der Waals surface area contributed by atoms with E-state index >= 15 is 0 Å². The van der Waals surface area contributed by atoms with Crippen molar-refractivity contribution in [2.75, 3.05) is 32.0 Å². The smallest absolute Gasteiger partial charge is 0.383 e. The minimum Gasteiger partial charge on any atom is -0.383 e. The van der Waals surface area contributed by atoms with E-state index in [1.807, 2.05) is 6.92 Å². The molecule has 1 aliphatic heterocycles. The molecule has 3 atom stereocenters. The van der Waals surface area contributed by atoms with E-state index in [1.54, 1.807) is 0 Å². The SMILES string of the molecule is CCC(C)N=C(CC(=N)c1cnc(N)c(C(F)(F)F)c1)C1C2CC(N3CCOCC3)CC21. The van der Waals surface area contributed by atoms with Crippen molar-refractivity contribution in [3.63, 3.8) is 0 Å². The molecule has 1 aromatic rings. The topological polar surface area (TPSA) is 87.6 Å². The number of alkyl halides is 3. The number of aromatic nitrogens is 1. The van der Waals surface area contributed by atoms with Crippen molar-refractivity contribution in [1.29, 1.82) is 5.41 Å². The predicted molar refractivity (Wildman–Crippen MR) is 118 cm³/mol. The first-order valence-corrected chi connectivity index (χ1v) is 11.5. The minimum atomic E-state index is -4.59. The molecule has 2 heterocycles.